The first-order chi connectivity index (χ1) is 14.6. The van der Waals surface area contributed by atoms with Gasteiger partial charge in [0.25, 0.3) is 5.91 Å². The average molecular weight is 423 g/mol. The van der Waals surface area contributed by atoms with Gasteiger partial charge in [0.05, 0.1) is 0 Å². The number of nitrogens with zero attached hydrogens (tertiary/aromatic N) is 1. The van der Waals surface area contributed by atoms with E-state index in [1.807, 2.05) is 41.8 Å². The Morgan fingerprint density at radius 1 is 0.967 bits per heavy atom. The van der Waals surface area contributed by atoms with Crippen molar-refractivity contribution in [1.82, 2.24) is 4.90 Å². The van der Waals surface area contributed by atoms with Crippen LogP contribution in [0, 0.1) is 0 Å². The number of rotatable bonds is 9. The number of anilines is 1. The predicted octanol–water partition coefficient (Wildman–Crippen LogP) is 5.17. The van der Waals surface area contributed by atoms with E-state index in [4.69, 9.17) is 4.74 Å². The van der Waals surface area contributed by atoms with Gasteiger partial charge < -0.3 is 15.0 Å². The first kappa shape index (κ1) is 21.7. The zero-order chi connectivity index (χ0) is 21.3. The predicted molar refractivity (Wildman–Crippen MR) is 122 cm³/mol. The molecule has 1 aromatic heterocycles. The zero-order valence-corrected chi connectivity index (χ0v) is 18.1. The van der Waals surface area contributed by atoms with Gasteiger partial charge in [-0.05, 0) is 30.8 Å². The Kier molecular flexibility index (Phi) is 7.76. The van der Waals surface area contributed by atoms with Gasteiger partial charge in [-0.15, -0.1) is 11.3 Å². The third-order valence-corrected chi connectivity index (χ3v) is 5.77. The molecule has 1 N–H and O–H groups in total. The third-order valence-electron chi connectivity index (χ3n) is 4.88. The van der Waals surface area contributed by atoms with Gasteiger partial charge in [0, 0.05) is 23.1 Å². The summed E-state index contributed by atoms with van der Waals surface area (Å²) in [6, 6.07) is 18.6. The summed E-state index contributed by atoms with van der Waals surface area (Å²) in [5.41, 5.74) is 2.60. The van der Waals surface area contributed by atoms with Crippen LogP contribution in [-0.4, -0.2) is 43.0 Å². The summed E-state index contributed by atoms with van der Waals surface area (Å²) < 4.78 is 5.59. The van der Waals surface area contributed by atoms with E-state index in [1.54, 1.807) is 24.3 Å². The second-order valence-corrected chi connectivity index (χ2v) is 7.58. The Bertz CT molecular complexity index is 967. The van der Waals surface area contributed by atoms with Crippen LogP contribution in [0.4, 0.5) is 5.00 Å². The molecule has 1 amide bonds. The van der Waals surface area contributed by atoms with Crippen LogP contribution < -0.4 is 5.32 Å². The number of hydrogen-bond donors (Lipinski definition) is 1. The molecule has 6 heteroatoms. The lowest BCUT2D eigenvalue weighted by Crippen LogP contribution is -2.28. The molecule has 0 aliphatic heterocycles. The molecule has 30 heavy (non-hydrogen) atoms. The van der Waals surface area contributed by atoms with Crippen molar-refractivity contribution in [3.05, 3.63) is 77.2 Å². The van der Waals surface area contributed by atoms with Gasteiger partial charge in [-0.2, -0.15) is 0 Å². The summed E-state index contributed by atoms with van der Waals surface area (Å²) in [5.74, 6) is -0.681. The van der Waals surface area contributed by atoms with Gasteiger partial charge in [-0.1, -0.05) is 62.4 Å². The third kappa shape index (κ3) is 5.34. The molecular weight excluding hydrogens is 396 g/mol. The maximum Gasteiger partial charge on any atom is 0.341 e. The Hall–Kier alpha value is -2.96. The van der Waals surface area contributed by atoms with E-state index in [9.17, 15) is 9.59 Å². The van der Waals surface area contributed by atoms with Crippen LogP contribution in [-0.2, 0) is 4.74 Å². The Morgan fingerprint density at radius 2 is 1.60 bits per heavy atom. The number of carbonyl (C=O) groups excluding carboxylic acids is 2. The Labute approximate surface area is 181 Å². The van der Waals surface area contributed by atoms with Crippen LogP contribution in [0.1, 0.15) is 34.6 Å². The molecule has 3 rings (SSSR count). The lowest BCUT2D eigenvalue weighted by molar-refractivity contribution is 0.0469. The van der Waals surface area contributed by atoms with Gasteiger partial charge in [0.2, 0.25) is 0 Å². The SMILES string of the molecule is CCN(CC)CCOC(=O)c1c(-c2ccccc2)csc1NC(=O)c1ccccc1. The summed E-state index contributed by atoms with van der Waals surface area (Å²) >= 11 is 1.33. The highest BCUT2D eigenvalue weighted by molar-refractivity contribution is 7.15. The fourth-order valence-corrected chi connectivity index (χ4v) is 4.08. The molecule has 0 unspecified atom stereocenters. The summed E-state index contributed by atoms with van der Waals surface area (Å²) in [4.78, 5) is 27.9. The average Bonchev–Trinajstić information content (AvgIpc) is 3.21. The number of hydrogen-bond acceptors (Lipinski definition) is 5. The van der Waals surface area contributed by atoms with Crippen molar-refractivity contribution in [2.45, 2.75) is 13.8 Å². The normalized spacial score (nSPS) is 10.8. The van der Waals surface area contributed by atoms with Crippen LogP contribution in [0.3, 0.4) is 0 Å². The molecule has 0 atom stereocenters. The first-order valence-corrected chi connectivity index (χ1v) is 10.9. The van der Waals surface area contributed by atoms with Gasteiger partial charge in [0.1, 0.15) is 17.2 Å². The quantitative estimate of drug-likeness (QED) is 0.484. The van der Waals surface area contributed by atoms with Crippen molar-refractivity contribution in [3.8, 4) is 11.1 Å². The number of nitrogens with one attached hydrogen (secondary N) is 1. The lowest BCUT2D eigenvalue weighted by Gasteiger charge is -2.17. The monoisotopic (exact) mass is 422 g/mol. The minimum Gasteiger partial charge on any atom is -0.461 e. The van der Waals surface area contributed by atoms with Crippen molar-refractivity contribution in [3.63, 3.8) is 0 Å². The number of likely N-dealkylation sites (N-methyl/N-ethyl adjacent to an activating group) is 1. The number of amides is 1. The van der Waals surface area contributed by atoms with Crippen molar-refractivity contribution in [2.24, 2.45) is 0 Å². The summed E-state index contributed by atoms with van der Waals surface area (Å²) in [5, 5.41) is 5.27. The molecule has 0 fully saturated rings. The van der Waals surface area contributed by atoms with Crippen LogP contribution in [0.5, 0.6) is 0 Å². The highest BCUT2D eigenvalue weighted by atomic mass is 32.1. The largest absolute Gasteiger partial charge is 0.461 e. The van der Waals surface area contributed by atoms with Gasteiger partial charge in [0.15, 0.2) is 0 Å². The highest BCUT2D eigenvalue weighted by Gasteiger charge is 2.23. The molecule has 0 bridgehead atoms. The molecule has 0 saturated carbocycles. The summed E-state index contributed by atoms with van der Waals surface area (Å²) in [6.45, 7) is 6.94. The maximum absolute atomic E-state index is 13.0. The van der Waals surface area contributed by atoms with E-state index in [0.717, 1.165) is 24.2 Å². The minimum absolute atomic E-state index is 0.255. The first-order valence-electron chi connectivity index (χ1n) is 10.1. The van der Waals surface area contributed by atoms with Gasteiger partial charge >= 0.3 is 5.97 Å². The number of carbonyl (C=O) groups is 2. The lowest BCUT2D eigenvalue weighted by atomic mass is 10.0. The molecule has 2 aromatic carbocycles. The van der Waals surface area contributed by atoms with E-state index in [1.165, 1.54) is 11.3 Å². The molecule has 5 nitrogen and oxygen atoms in total. The Balaban J connectivity index is 1.85. The van der Waals surface area contributed by atoms with E-state index in [-0.39, 0.29) is 5.91 Å². The molecular formula is C24H26N2O3S. The number of thiophene rings is 1. The Morgan fingerprint density at radius 3 is 2.23 bits per heavy atom. The second kappa shape index (κ2) is 10.7. The molecule has 0 spiro atoms. The fourth-order valence-electron chi connectivity index (χ4n) is 3.13. The molecule has 0 saturated heterocycles. The molecule has 0 aliphatic rings. The van der Waals surface area contributed by atoms with Gasteiger partial charge in [-0.3, -0.25) is 4.79 Å². The maximum atomic E-state index is 13.0. The van der Waals surface area contributed by atoms with Crippen molar-refractivity contribution < 1.29 is 14.3 Å². The molecule has 0 radical (unpaired) electrons. The van der Waals surface area contributed by atoms with Gasteiger partial charge in [-0.25, -0.2) is 4.79 Å². The standard InChI is InChI=1S/C24H26N2O3S/c1-3-26(4-2)15-16-29-24(28)21-20(18-11-7-5-8-12-18)17-30-23(21)25-22(27)19-13-9-6-10-14-19/h5-14,17H,3-4,15-16H2,1-2H3,(H,25,27). The molecule has 0 aliphatic carbocycles. The zero-order valence-electron chi connectivity index (χ0n) is 17.3. The van der Waals surface area contributed by atoms with E-state index >= 15 is 0 Å². The van der Waals surface area contributed by atoms with E-state index in [2.05, 4.69) is 24.1 Å². The molecule has 156 valence electrons. The number of benzene rings is 2. The van der Waals surface area contributed by atoms with Crippen LogP contribution >= 0.6 is 11.3 Å². The van der Waals surface area contributed by atoms with Crippen LogP contribution in [0.2, 0.25) is 0 Å². The van der Waals surface area contributed by atoms with Crippen LogP contribution in [0.15, 0.2) is 66.0 Å². The highest BCUT2D eigenvalue weighted by Crippen LogP contribution is 2.36. The van der Waals surface area contributed by atoms with Crippen molar-refractivity contribution in [1.29, 1.82) is 0 Å². The molecule has 3 aromatic rings. The van der Waals surface area contributed by atoms with E-state index < -0.39 is 5.97 Å². The van der Waals surface area contributed by atoms with Crippen molar-refractivity contribution in [2.75, 3.05) is 31.6 Å². The fraction of sp³-hybridized carbons (Fsp3) is 0.250. The van der Waals surface area contributed by atoms with Crippen LogP contribution in [0.25, 0.3) is 11.1 Å². The topological polar surface area (TPSA) is 58.6 Å². The smallest absolute Gasteiger partial charge is 0.341 e. The number of esters is 1. The summed E-state index contributed by atoms with van der Waals surface area (Å²) in [6.07, 6.45) is 0. The minimum atomic E-state index is -0.425. The van der Waals surface area contributed by atoms with E-state index in [0.29, 0.717) is 29.3 Å². The second-order valence-electron chi connectivity index (χ2n) is 6.70. The number of ether oxygens (including phenoxy) is 1. The van der Waals surface area contributed by atoms with Crippen molar-refractivity contribution >= 4 is 28.2 Å². The summed E-state index contributed by atoms with van der Waals surface area (Å²) in [7, 11) is 0. The molecule has 1 heterocycles.